The van der Waals surface area contributed by atoms with E-state index in [2.05, 4.69) is 62.0 Å². The maximum Gasteiger partial charge on any atom is 0.105 e. The number of aromatic nitrogens is 2. The molecule has 4 heteroatoms. The third kappa shape index (κ3) is 4.11. The third-order valence-electron chi connectivity index (χ3n) is 3.21. The lowest BCUT2D eigenvalue weighted by atomic mass is 10.2. The van der Waals surface area contributed by atoms with E-state index in [0.717, 1.165) is 30.9 Å². The highest BCUT2D eigenvalue weighted by Gasteiger charge is 2.17. The van der Waals surface area contributed by atoms with Gasteiger partial charge in [-0.1, -0.05) is 39.0 Å². The Hall–Kier alpha value is -1.26. The molecule has 1 N–H and O–H groups in total. The van der Waals surface area contributed by atoms with Crippen molar-refractivity contribution < 1.29 is 0 Å². The van der Waals surface area contributed by atoms with Crippen LogP contribution in [0.4, 0.5) is 0 Å². The minimum Gasteiger partial charge on any atom is -0.313 e. The van der Waals surface area contributed by atoms with Crippen molar-refractivity contribution in [2.75, 3.05) is 6.54 Å². The van der Waals surface area contributed by atoms with Gasteiger partial charge in [-0.15, -0.1) is 11.8 Å². The van der Waals surface area contributed by atoms with E-state index in [9.17, 15) is 0 Å². The van der Waals surface area contributed by atoms with Crippen molar-refractivity contribution in [2.45, 2.75) is 50.9 Å². The Morgan fingerprint density at radius 2 is 1.95 bits per heavy atom. The molecule has 0 spiro atoms. The number of benzene rings is 1. The molecule has 1 aromatic heterocycles. The fraction of sp³-hybridized carbons (Fsp3) is 0.471. The SMILES string of the molecule is CCCNCc1c(C)nn(-c2ccccc2)c1SC(C)C. The molecule has 1 heterocycles. The van der Waals surface area contributed by atoms with Gasteiger partial charge in [0.25, 0.3) is 0 Å². The number of nitrogens with zero attached hydrogens (tertiary/aromatic N) is 2. The Labute approximate surface area is 132 Å². The van der Waals surface area contributed by atoms with Crippen molar-refractivity contribution in [2.24, 2.45) is 0 Å². The van der Waals surface area contributed by atoms with E-state index in [4.69, 9.17) is 5.10 Å². The van der Waals surface area contributed by atoms with E-state index < -0.39 is 0 Å². The molecule has 0 aliphatic heterocycles. The zero-order valence-electron chi connectivity index (χ0n) is 13.4. The van der Waals surface area contributed by atoms with Crippen LogP contribution in [0.1, 0.15) is 38.4 Å². The van der Waals surface area contributed by atoms with Crippen molar-refractivity contribution in [3.05, 3.63) is 41.6 Å². The molecule has 0 amide bonds. The zero-order chi connectivity index (χ0) is 15.2. The molecule has 0 aliphatic carbocycles. The highest BCUT2D eigenvalue weighted by atomic mass is 32.2. The van der Waals surface area contributed by atoms with Gasteiger partial charge in [0.2, 0.25) is 0 Å². The maximum atomic E-state index is 4.77. The largest absolute Gasteiger partial charge is 0.313 e. The van der Waals surface area contributed by atoms with E-state index in [0.29, 0.717) is 5.25 Å². The van der Waals surface area contributed by atoms with Crippen molar-refractivity contribution in [1.29, 1.82) is 0 Å². The summed E-state index contributed by atoms with van der Waals surface area (Å²) in [6, 6.07) is 10.4. The van der Waals surface area contributed by atoms with Crippen LogP contribution in [0.15, 0.2) is 35.4 Å². The molecule has 0 bridgehead atoms. The molecular weight excluding hydrogens is 278 g/mol. The summed E-state index contributed by atoms with van der Waals surface area (Å²) >= 11 is 1.89. The van der Waals surface area contributed by atoms with Crippen molar-refractivity contribution in [3.8, 4) is 5.69 Å². The highest BCUT2D eigenvalue weighted by molar-refractivity contribution is 7.99. The third-order valence-corrected chi connectivity index (χ3v) is 4.33. The van der Waals surface area contributed by atoms with E-state index in [1.165, 1.54) is 10.6 Å². The lowest BCUT2D eigenvalue weighted by Crippen LogP contribution is -2.15. The first-order chi connectivity index (χ1) is 10.1. The predicted octanol–water partition coefficient (Wildman–Crippen LogP) is 4.18. The number of nitrogens with one attached hydrogen (secondary N) is 1. The fourth-order valence-electron chi connectivity index (χ4n) is 2.22. The molecule has 0 fully saturated rings. The molecule has 0 aliphatic rings. The van der Waals surface area contributed by atoms with Crippen LogP contribution in [-0.2, 0) is 6.54 Å². The molecule has 2 rings (SSSR count). The molecule has 0 saturated carbocycles. The quantitative estimate of drug-likeness (QED) is 0.614. The van der Waals surface area contributed by atoms with Crippen molar-refractivity contribution in [1.82, 2.24) is 15.1 Å². The van der Waals surface area contributed by atoms with E-state index in [-0.39, 0.29) is 0 Å². The minimum absolute atomic E-state index is 0.536. The summed E-state index contributed by atoms with van der Waals surface area (Å²) < 4.78 is 2.09. The average Bonchev–Trinajstić information content (AvgIpc) is 2.77. The molecule has 0 unspecified atom stereocenters. The second-order valence-corrected chi connectivity index (χ2v) is 7.03. The van der Waals surface area contributed by atoms with Gasteiger partial charge in [0.1, 0.15) is 5.03 Å². The van der Waals surface area contributed by atoms with Gasteiger partial charge in [0, 0.05) is 17.4 Å². The normalized spacial score (nSPS) is 11.3. The molecule has 0 saturated heterocycles. The van der Waals surface area contributed by atoms with Gasteiger partial charge >= 0.3 is 0 Å². The molecule has 0 radical (unpaired) electrons. The van der Waals surface area contributed by atoms with Crippen LogP contribution in [0.3, 0.4) is 0 Å². The highest BCUT2D eigenvalue weighted by Crippen LogP contribution is 2.31. The molecule has 114 valence electrons. The predicted molar refractivity (Wildman–Crippen MR) is 91.3 cm³/mol. The minimum atomic E-state index is 0.536. The summed E-state index contributed by atoms with van der Waals surface area (Å²) in [4.78, 5) is 0. The summed E-state index contributed by atoms with van der Waals surface area (Å²) in [5, 5.41) is 10.1. The zero-order valence-corrected chi connectivity index (χ0v) is 14.2. The van der Waals surface area contributed by atoms with Crippen LogP contribution >= 0.6 is 11.8 Å². The summed E-state index contributed by atoms with van der Waals surface area (Å²) in [5.74, 6) is 0. The Kier molecular flexibility index (Phi) is 5.88. The molecule has 0 atom stereocenters. The van der Waals surface area contributed by atoms with E-state index in [1.807, 2.05) is 17.8 Å². The van der Waals surface area contributed by atoms with Gasteiger partial charge in [-0.2, -0.15) is 5.10 Å². The van der Waals surface area contributed by atoms with Crippen LogP contribution in [0.25, 0.3) is 5.69 Å². The second kappa shape index (κ2) is 7.66. The molecular formula is C17H25N3S. The number of thioether (sulfide) groups is 1. The standard InChI is InChI=1S/C17H25N3S/c1-5-11-18-12-16-14(4)19-20(17(16)21-13(2)3)15-9-7-6-8-10-15/h6-10,13,18H,5,11-12H2,1-4H3. The molecule has 21 heavy (non-hydrogen) atoms. The number of para-hydroxylation sites is 1. The summed E-state index contributed by atoms with van der Waals surface area (Å²) in [7, 11) is 0. The van der Waals surface area contributed by atoms with Gasteiger partial charge in [0.05, 0.1) is 11.4 Å². The smallest absolute Gasteiger partial charge is 0.105 e. The number of rotatable bonds is 7. The van der Waals surface area contributed by atoms with Crippen LogP contribution in [0.5, 0.6) is 0 Å². The summed E-state index contributed by atoms with van der Waals surface area (Å²) in [6.45, 7) is 10.7. The lowest BCUT2D eigenvalue weighted by molar-refractivity contribution is 0.664. The van der Waals surface area contributed by atoms with Crippen LogP contribution in [0.2, 0.25) is 0 Å². The molecule has 2 aromatic rings. The average molecular weight is 303 g/mol. The molecule has 1 aromatic carbocycles. The summed E-state index contributed by atoms with van der Waals surface area (Å²) in [6.07, 6.45) is 1.15. The van der Waals surface area contributed by atoms with Gasteiger partial charge in [0.15, 0.2) is 0 Å². The number of aryl methyl sites for hydroxylation is 1. The first-order valence-corrected chi connectivity index (χ1v) is 8.52. The first-order valence-electron chi connectivity index (χ1n) is 7.64. The Bertz CT molecular complexity index is 561. The van der Waals surface area contributed by atoms with Crippen LogP contribution < -0.4 is 5.32 Å². The van der Waals surface area contributed by atoms with Crippen molar-refractivity contribution >= 4 is 11.8 Å². The lowest BCUT2D eigenvalue weighted by Gasteiger charge is -2.12. The first kappa shape index (κ1) is 16.1. The maximum absolute atomic E-state index is 4.77. The van der Waals surface area contributed by atoms with E-state index >= 15 is 0 Å². The number of hydrogen-bond donors (Lipinski definition) is 1. The Balaban J connectivity index is 2.38. The number of hydrogen-bond acceptors (Lipinski definition) is 3. The van der Waals surface area contributed by atoms with E-state index in [1.54, 1.807) is 0 Å². The monoisotopic (exact) mass is 303 g/mol. The van der Waals surface area contributed by atoms with Gasteiger partial charge in [-0.25, -0.2) is 4.68 Å². The van der Waals surface area contributed by atoms with Gasteiger partial charge in [-0.3, -0.25) is 0 Å². The topological polar surface area (TPSA) is 29.9 Å². The van der Waals surface area contributed by atoms with Gasteiger partial charge in [-0.05, 0) is 32.0 Å². The Morgan fingerprint density at radius 3 is 2.57 bits per heavy atom. The van der Waals surface area contributed by atoms with Gasteiger partial charge < -0.3 is 5.32 Å². The van der Waals surface area contributed by atoms with Crippen LogP contribution in [0, 0.1) is 6.92 Å². The summed E-state index contributed by atoms with van der Waals surface area (Å²) in [5.41, 5.74) is 3.57. The van der Waals surface area contributed by atoms with Crippen LogP contribution in [-0.4, -0.2) is 21.6 Å². The second-order valence-electron chi connectivity index (χ2n) is 5.46. The fourth-order valence-corrected chi connectivity index (χ4v) is 3.28. The Morgan fingerprint density at radius 1 is 1.24 bits per heavy atom. The molecule has 3 nitrogen and oxygen atoms in total. The van der Waals surface area contributed by atoms with Crippen molar-refractivity contribution in [3.63, 3.8) is 0 Å².